The lowest BCUT2D eigenvalue weighted by Gasteiger charge is -2.11. The predicted molar refractivity (Wildman–Crippen MR) is 86.5 cm³/mol. The van der Waals surface area contributed by atoms with Crippen molar-refractivity contribution in [3.8, 4) is 10.4 Å². The molecule has 0 spiro atoms. The molecular formula is C16H19N3O2S. The van der Waals surface area contributed by atoms with Gasteiger partial charge in [-0.3, -0.25) is 4.79 Å². The van der Waals surface area contributed by atoms with Gasteiger partial charge < -0.3 is 15.7 Å². The predicted octanol–water partition coefficient (Wildman–Crippen LogP) is 1.46. The molecule has 0 radical (unpaired) electrons. The van der Waals surface area contributed by atoms with Crippen molar-refractivity contribution in [3.63, 3.8) is 0 Å². The Bertz CT molecular complexity index is 654. The second-order valence-corrected chi connectivity index (χ2v) is 6.74. The van der Waals surface area contributed by atoms with Crippen LogP contribution in [0.5, 0.6) is 0 Å². The minimum Gasteiger partial charge on any atom is -0.392 e. The van der Waals surface area contributed by atoms with E-state index in [-0.39, 0.29) is 11.9 Å². The number of thiazole rings is 1. The molecule has 3 N–H and O–H groups in total. The molecule has 5 nitrogen and oxygen atoms in total. The van der Waals surface area contributed by atoms with Crippen molar-refractivity contribution in [1.29, 1.82) is 0 Å². The minimum absolute atomic E-state index is 0.0568. The lowest BCUT2D eigenvalue weighted by Crippen LogP contribution is -2.39. The zero-order valence-electron chi connectivity index (χ0n) is 12.4. The lowest BCUT2D eigenvalue weighted by atomic mass is 10.1. The molecule has 2 heterocycles. The van der Waals surface area contributed by atoms with Crippen LogP contribution in [0.25, 0.3) is 10.4 Å². The normalized spacial score (nSPS) is 21.0. The fourth-order valence-electron chi connectivity index (χ4n) is 2.51. The Hall–Kier alpha value is -1.76. The molecule has 2 unspecified atom stereocenters. The average Bonchev–Trinajstić information content (AvgIpc) is 3.14. The number of aliphatic hydroxyl groups is 1. The maximum Gasteiger partial charge on any atom is 0.237 e. The summed E-state index contributed by atoms with van der Waals surface area (Å²) >= 11 is 1.67. The van der Waals surface area contributed by atoms with Gasteiger partial charge in [0.25, 0.3) is 0 Å². The van der Waals surface area contributed by atoms with Crippen molar-refractivity contribution in [2.24, 2.45) is 0 Å². The number of benzene rings is 1. The monoisotopic (exact) mass is 317 g/mol. The van der Waals surface area contributed by atoms with E-state index in [1.165, 1.54) is 0 Å². The molecule has 1 amide bonds. The standard InChI is InChI=1S/C16H19N3O2S/c1-10-17-9-15(22-10)12-4-2-11(3-5-12)7-19-16(21)14-6-13(20)8-18-14/h2-5,9,13-14,18,20H,6-8H2,1H3,(H,19,21). The molecule has 1 aromatic carbocycles. The van der Waals surface area contributed by atoms with Crippen LogP contribution in [0.3, 0.4) is 0 Å². The zero-order chi connectivity index (χ0) is 15.5. The average molecular weight is 317 g/mol. The van der Waals surface area contributed by atoms with Gasteiger partial charge in [-0.25, -0.2) is 4.98 Å². The van der Waals surface area contributed by atoms with E-state index in [1.807, 2.05) is 37.4 Å². The van der Waals surface area contributed by atoms with Crippen molar-refractivity contribution < 1.29 is 9.90 Å². The summed E-state index contributed by atoms with van der Waals surface area (Å²) in [5.41, 5.74) is 2.19. The zero-order valence-corrected chi connectivity index (χ0v) is 13.2. The highest BCUT2D eigenvalue weighted by Gasteiger charge is 2.27. The van der Waals surface area contributed by atoms with E-state index >= 15 is 0 Å². The summed E-state index contributed by atoms with van der Waals surface area (Å²) < 4.78 is 0. The molecule has 116 valence electrons. The first-order valence-corrected chi connectivity index (χ1v) is 8.14. The summed E-state index contributed by atoms with van der Waals surface area (Å²) in [6.45, 7) is 2.97. The number of hydrogen-bond acceptors (Lipinski definition) is 5. The van der Waals surface area contributed by atoms with Gasteiger partial charge in [0.05, 0.1) is 22.0 Å². The Kier molecular flexibility index (Phi) is 4.52. The van der Waals surface area contributed by atoms with Gasteiger partial charge in [0.1, 0.15) is 0 Å². The lowest BCUT2D eigenvalue weighted by molar-refractivity contribution is -0.123. The summed E-state index contributed by atoms with van der Waals surface area (Å²) in [6, 6.07) is 7.84. The molecule has 0 aliphatic carbocycles. The van der Waals surface area contributed by atoms with Crippen LogP contribution in [0.4, 0.5) is 0 Å². The third-order valence-electron chi connectivity index (χ3n) is 3.75. The summed E-state index contributed by atoms with van der Waals surface area (Å²) in [5, 5.41) is 16.4. The fraction of sp³-hybridized carbons (Fsp3) is 0.375. The molecule has 0 saturated carbocycles. The number of amides is 1. The summed E-state index contributed by atoms with van der Waals surface area (Å²) in [5.74, 6) is -0.0568. The highest BCUT2D eigenvalue weighted by atomic mass is 32.1. The van der Waals surface area contributed by atoms with Gasteiger partial charge in [-0.05, 0) is 24.5 Å². The van der Waals surface area contributed by atoms with Crippen molar-refractivity contribution in [3.05, 3.63) is 41.0 Å². The third kappa shape index (κ3) is 3.52. The van der Waals surface area contributed by atoms with Crippen LogP contribution < -0.4 is 10.6 Å². The van der Waals surface area contributed by atoms with E-state index < -0.39 is 6.10 Å². The Morgan fingerprint density at radius 2 is 2.23 bits per heavy atom. The Labute approximate surface area is 133 Å². The van der Waals surface area contributed by atoms with Crippen LogP contribution in [0.2, 0.25) is 0 Å². The van der Waals surface area contributed by atoms with E-state index in [4.69, 9.17) is 0 Å². The van der Waals surface area contributed by atoms with Crippen LogP contribution in [-0.4, -0.2) is 34.7 Å². The van der Waals surface area contributed by atoms with Crippen LogP contribution >= 0.6 is 11.3 Å². The van der Waals surface area contributed by atoms with Crippen molar-refractivity contribution in [1.82, 2.24) is 15.6 Å². The SMILES string of the molecule is Cc1ncc(-c2ccc(CNC(=O)C3CC(O)CN3)cc2)s1. The van der Waals surface area contributed by atoms with Gasteiger partial charge in [0, 0.05) is 19.3 Å². The van der Waals surface area contributed by atoms with Crippen LogP contribution in [-0.2, 0) is 11.3 Å². The van der Waals surface area contributed by atoms with Gasteiger partial charge in [0.2, 0.25) is 5.91 Å². The van der Waals surface area contributed by atoms with Crippen molar-refractivity contribution in [2.75, 3.05) is 6.54 Å². The molecule has 6 heteroatoms. The van der Waals surface area contributed by atoms with Crippen LogP contribution in [0.15, 0.2) is 30.5 Å². The highest BCUT2D eigenvalue weighted by molar-refractivity contribution is 7.15. The highest BCUT2D eigenvalue weighted by Crippen LogP contribution is 2.25. The number of nitrogens with one attached hydrogen (secondary N) is 2. The fourth-order valence-corrected chi connectivity index (χ4v) is 3.29. The molecular weight excluding hydrogens is 298 g/mol. The third-order valence-corrected chi connectivity index (χ3v) is 4.71. The summed E-state index contributed by atoms with van der Waals surface area (Å²) in [4.78, 5) is 17.4. The van der Waals surface area contributed by atoms with E-state index in [0.717, 1.165) is 21.0 Å². The molecule has 1 aliphatic heterocycles. The molecule has 1 fully saturated rings. The first kappa shape index (κ1) is 15.1. The number of hydrogen-bond donors (Lipinski definition) is 3. The minimum atomic E-state index is -0.419. The number of aliphatic hydroxyl groups excluding tert-OH is 1. The number of β-amino-alcohol motifs (C(OH)–C–C–N with tert-alkyl or cyclic N) is 1. The van der Waals surface area contributed by atoms with Gasteiger partial charge in [-0.15, -0.1) is 11.3 Å². The largest absolute Gasteiger partial charge is 0.392 e. The number of rotatable bonds is 4. The number of aryl methyl sites for hydroxylation is 1. The van der Waals surface area contributed by atoms with E-state index in [9.17, 15) is 9.90 Å². The van der Waals surface area contributed by atoms with E-state index in [1.54, 1.807) is 11.3 Å². The van der Waals surface area contributed by atoms with Crippen molar-refractivity contribution >= 4 is 17.2 Å². The van der Waals surface area contributed by atoms with Gasteiger partial charge in [-0.2, -0.15) is 0 Å². The summed E-state index contributed by atoms with van der Waals surface area (Å²) in [6.07, 6.45) is 1.95. The first-order valence-electron chi connectivity index (χ1n) is 7.33. The number of aromatic nitrogens is 1. The molecule has 1 aromatic heterocycles. The molecule has 1 aliphatic rings. The van der Waals surface area contributed by atoms with Crippen molar-refractivity contribution in [2.45, 2.75) is 32.0 Å². The van der Waals surface area contributed by atoms with Gasteiger partial charge in [0.15, 0.2) is 0 Å². The van der Waals surface area contributed by atoms with E-state index in [0.29, 0.717) is 19.5 Å². The quantitative estimate of drug-likeness (QED) is 0.798. The molecule has 2 aromatic rings. The second-order valence-electron chi connectivity index (χ2n) is 5.51. The second kappa shape index (κ2) is 6.56. The smallest absolute Gasteiger partial charge is 0.237 e. The molecule has 0 bridgehead atoms. The molecule has 1 saturated heterocycles. The topological polar surface area (TPSA) is 74.2 Å². The molecule has 22 heavy (non-hydrogen) atoms. The van der Waals surface area contributed by atoms with Crippen LogP contribution in [0, 0.1) is 6.92 Å². The number of nitrogens with zero attached hydrogens (tertiary/aromatic N) is 1. The Balaban J connectivity index is 1.56. The maximum absolute atomic E-state index is 12.0. The van der Waals surface area contributed by atoms with Gasteiger partial charge >= 0.3 is 0 Å². The maximum atomic E-state index is 12.0. The Morgan fingerprint density at radius 1 is 1.45 bits per heavy atom. The van der Waals surface area contributed by atoms with E-state index in [2.05, 4.69) is 15.6 Å². The summed E-state index contributed by atoms with van der Waals surface area (Å²) in [7, 11) is 0. The first-order chi connectivity index (χ1) is 10.6. The number of carbonyl (C=O) groups excluding carboxylic acids is 1. The van der Waals surface area contributed by atoms with Gasteiger partial charge in [-0.1, -0.05) is 24.3 Å². The molecule has 3 rings (SSSR count). The number of carbonyl (C=O) groups is 1. The van der Waals surface area contributed by atoms with Crippen LogP contribution in [0.1, 0.15) is 17.0 Å². The Morgan fingerprint density at radius 3 is 2.82 bits per heavy atom. The molecule has 2 atom stereocenters.